The molecule has 2 aromatic rings. The molecule has 1 amide bonds. The molecule has 2 N–H and O–H groups in total. The first-order valence-electron chi connectivity index (χ1n) is 7.59. The second-order valence-electron chi connectivity index (χ2n) is 5.68. The van der Waals surface area contributed by atoms with Crippen molar-refractivity contribution in [2.75, 3.05) is 11.9 Å². The van der Waals surface area contributed by atoms with E-state index in [1.165, 1.54) is 6.20 Å². The summed E-state index contributed by atoms with van der Waals surface area (Å²) >= 11 is 0. The smallest absolute Gasteiger partial charge is 0.252 e. The fourth-order valence-corrected chi connectivity index (χ4v) is 2.05. The lowest BCUT2D eigenvalue weighted by Gasteiger charge is -2.10. The third kappa shape index (κ3) is 4.82. The predicted octanol–water partition coefficient (Wildman–Crippen LogP) is 3.47. The Bertz CT molecular complexity index is 719. The van der Waals surface area contributed by atoms with Crippen molar-refractivity contribution in [1.82, 2.24) is 10.3 Å². The van der Waals surface area contributed by atoms with Gasteiger partial charge in [-0.3, -0.25) is 9.78 Å². The number of nitriles is 1. The van der Waals surface area contributed by atoms with Gasteiger partial charge in [0, 0.05) is 12.7 Å². The Morgan fingerprint density at radius 2 is 2.09 bits per heavy atom. The molecule has 118 valence electrons. The molecule has 0 atom stereocenters. The quantitative estimate of drug-likeness (QED) is 0.856. The van der Waals surface area contributed by atoms with Crippen molar-refractivity contribution < 1.29 is 4.79 Å². The van der Waals surface area contributed by atoms with E-state index in [0.717, 1.165) is 6.42 Å². The lowest BCUT2D eigenvalue weighted by Crippen LogP contribution is -2.25. The number of carbonyl (C=O) groups is 1. The van der Waals surface area contributed by atoms with Crippen molar-refractivity contribution in [3.8, 4) is 6.07 Å². The number of amides is 1. The first-order valence-corrected chi connectivity index (χ1v) is 7.59. The number of anilines is 2. The molecule has 1 aromatic heterocycles. The summed E-state index contributed by atoms with van der Waals surface area (Å²) in [6.45, 7) is 4.88. The normalized spacial score (nSPS) is 10.2. The minimum Gasteiger partial charge on any atom is -0.353 e. The molecular formula is C18H20N4O. The average molecular weight is 308 g/mol. The number of aromatic nitrogens is 1. The topological polar surface area (TPSA) is 77.8 Å². The lowest BCUT2D eigenvalue weighted by atomic mass is 10.1. The van der Waals surface area contributed by atoms with E-state index in [4.69, 9.17) is 5.26 Å². The highest BCUT2D eigenvalue weighted by Gasteiger charge is 2.08. The molecule has 0 aliphatic heterocycles. The van der Waals surface area contributed by atoms with Crippen LogP contribution < -0.4 is 10.6 Å². The minimum absolute atomic E-state index is 0.143. The molecule has 0 unspecified atom stereocenters. The molecule has 0 saturated heterocycles. The van der Waals surface area contributed by atoms with Crippen molar-refractivity contribution in [3.63, 3.8) is 0 Å². The highest BCUT2D eigenvalue weighted by Crippen LogP contribution is 2.20. The second-order valence-corrected chi connectivity index (χ2v) is 5.68. The molecule has 2 rings (SSSR count). The number of para-hydroxylation sites is 1. The van der Waals surface area contributed by atoms with Crippen LogP contribution >= 0.6 is 0 Å². The van der Waals surface area contributed by atoms with Gasteiger partial charge in [-0.15, -0.1) is 0 Å². The zero-order valence-electron chi connectivity index (χ0n) is 13.3. The number of pyridine rings is 1. The largest absolute Gasteiger partial charge is 0.353 e. The number of hydrogen-bond donors (Lipinski definition) is 2. The molecule has 1 heterocycles. The molecule has 0 radical (unpaired) electrons. The molecule has 0 fully saturated rings. The van der Waals surface area contributed by atoms with E-state index in [1.807, 2.05) is 12.1 Å². The van der Waals surface area contributed by atoms with Gasteiger partial charge in [0.1, 0.15) is 6.07 Å². The van der Waals surface area contributed by atoms with Crippen LogP contribution in [0.15, 0.2) is 42.7 Å². The summed E-state index contributed by atoms with van der Waals surface area (Å²) in [6.07, 6.45) is 4.10. The van der Waals surface area contributed by atoms with E-state index < -0.39 is 0 Å². The van der Waals surface area contributed by atoms with E-state index in [9.17, 15) is 4.79 Å². The van der Waals surface area contributed by atoms with Crippen LogP contribution in [0.5, 0.6) is 0 Å². The van der Waals surface area contributed by atoms with Gasteiger partial charge in [-0.1, -0.05) is 26.0 Å². The van der Waals surface area contributed by atoms with Crippen LogP contribution in [-0.4, -0.2) is 17.4 Å². The third-order valence-corrected chi connectivity index (χ3v) is 3.33. The van der Waals surface area contributed by atoms with E-state index in [2.05, 4.69) is 35.5 Å². The van der Waals surface area contributed by atoms with E-state index in [1.54, 1.807) is 24.4 Å². The Balaban J connectivity index is 2.08. The number of hydrogen-bond acceptors (Lipinski definition) is 4. The van der Waals surface area contributed by atoms with Gasteiger partial charge in [0.2, 0.25) is 0 Å². The maximum absolute atomic E-state index is 12.1. The van der Waals surface area contributed by atoms with Crippen molar-refractivity contribution in [1.29, 1.82) is 5.26 Å². The van der Waals surface area contributed by atoms with Gasteiger partial charge >= 0.3 is 0 Å². The van der Waals surface area contributed by atoms with Crippen LogP contribution in [0.4, 0.5) is 11.4 Å². The van der Waals surface area contributed by atoms with E-state index in [-0.39, 0.29) is 5.91 Å². The van der Waals surface area contributed by atoms with Crippen molar-refractivity contribution in [2.24, 2.45) is 5.92 Å². The molecular weight excluding hydrogens is 288 g/mol. The minimum atomic E-state index is -0.143. The molecule has 0 aliphatic rings. The molecule has 1 aromatic carbocycles. The van der Waals surface area contributed by atoms with Gasteiger partial charge < -0.3 is 10.6 Å². The van der Waals surface area contributed by atoms with Gasteiger partial charge in [-0.2, -0.15) is 5.26 Å². The second kappa shape index (κ2) is 7.95. The summed E-state index contributed by atoms with van der Waals surface area (Å²) in [5, 5.41) is 15.1. The molecule has 23 heavy (non-hydrogen) atoms. The molecule has 0 aliphatic carbocycles. The SMILES string of the molecule is CC(C)CCNC(=O)c1cncc(Nc2ccccc2C#N)c1. The standard InChI is InChI=1S/C18H20N4O/c1-13(2)7-8-21-18(23)15-9-16(12-20-11-15)22-17-6-4-3-5-14(17)10-19/h3-6,9,11-13,22H,7-8H2,1-2H3,(H,21,23). The molecule has 0 saturated carbocycles. The Morgan fingerprint density at radius 1 is 1.30 bits per heavy atom. The van der Waals surface area contributed by atoms with Crippen molar-refractivity contribution >= 4 is 17.3 Å². The van der Waals surface area contributed by atoms with E-state index in [0.29, 0.717) is 35.0 Å². The Labute approximate surface area is 136 Å². The van der Waals surface area contributed by atoms with Crippen LogP contribution in [0.1, 0.15) is 36.2 Å². The maximum Gasteiger partial charge on any atom is 0.252 e. The summed E-state index contributed by atoms with van der Waals surface area (Å²) in [5.41, 5.74) is 2.39. The van der Waals surface area contributed by atoms with Gasteiger partial charge in [-0.05, 0) is 30.5 Å². The summed E-state index contributed by atoms with van der Waals surface area (Å²) in [7, 11) is 0. The Hall–Kier alpha value is -2.87. The van der Waals surface area contributed by atoms with Crippen LogP contribution in [-0.2, 0) is 0 Å². The maximum atomic E-state index is 12.1. The van der Waals surface area contributed by atoms with Crippen molar-refractivity contribution in [2.45, 2.75) is 20.3 Å². The molecule has 0 spiro atoms. The van der Waals surface area contributed by atoms with Crippen LogP contribution in [0, 0.1) is 17.2 Å². The summed E-state index contributed by atoms with van der Waals surface area (Å²) in [5.74, 6) is 0.402. The fourth-order valence-electron chi connectivity index (χ4n) is 2.05. The molecule has 0 bridgehead atoms. The van der Waals surface area contributed by atoms with Gasteiger partial charge in [0.15, 0.2) is 0 Å². The van der Waals surface area contributed by atoms with Crippen molar-refractivity contribution in [3.05, 3.63) is 53.9 Å². The number of nitrogens with one attached hydrogen (secondary N) is 2. The number of carbonyl (C=O) groups excluding carboxylic acids is 1. The summed E-state index contributed by atoms with van der Waals surface area (Å²) in [4.78, 5) is 16.2. The van der Waals surface area contributed by atoms with Crippen LogP contribution in [0.2, 0.25) is 0 Å². The Kier molecular flexibility index (Phi) is 5.70. The zero-order valence-corrected chi connectivity index (χ0v) is 13.3. The van der Waals surface area contributed by atoms with E-state index >= 15 is 0 Å². The highest BCUT2D eigenvalue weighted by molar-refractivity contribution is 5.94. The van der Waals surface area contributed by atoms with Crippen LogP contribution in [0.3, 0.4) is 0 Å². The first kappa shape index (κ1) is 16.5. The predicted molar refractivity (Wildman–Crippen MR) is 90.5 cm³/mol. The van der Waals surface area contributed by atoms with Crippen LogP contribution in [0.25, 0.3) is 0 Å². The summed E-state index contributed by atoms with van der Waals surface area (Å²) in [6, 6.07) is 11.1. The van der Waals surface area contributed by atoms with Gasteiger partial charge in [0.05, 0.1) is 28.7 Å². The highest BCUT2D eigenvalue weighted by atomic mass is 16.1. The first-order chi connectivity index (χ1) is 11.1. The third-order valence-electron chi connectivity index (χ3n) is 3.33. The number of rotatable bonds is 6. The zero-order chi connectivity index (χ0) is 16.7. The Morgan fingerprint density at radius 3 is 2.83 bits per heavy atom. The lowest BCUT2D eigenvalue weighted by molar-refractivity contribution is 0.0951. The number of nitrogens with zero attached hydrogens (tertiary/aromatic N) is 2. The molecule has 5 nitrogen and oxygen atoms in total. The molecule has 5 heteroatoms. The average Bonchev–Trinajstić information content (AvgIpc) is 2.55. The number of benzene rings is 1. The van der Waals surface area contributed by atoms with Gasteiger partial charge in [0.25, 0.3) is 5.91 Å². The van der Waals surface area contributed by atoms with Gasteiger partial charge in [-0.25, -0.2) is 0 Å². The fraction of sp³-hybridized carbons (Fsp3) is 0.278. The summed E-state index contributed by atoms with van der Waals surface area (Å²) < 4.78 is 0. The monoisotopic (exact) mass is 308 g/mol.